The summed E-state index contributed by atoms with van der Waals surface area (Å²) in [5.74, 6) is 3.55. The van der Waals surface area contributed by atoms with Crippen molar-refractivity contribution in [2.24, 2.45) is 0 Å². The lowest BCUT2D eigenvalue weighted by atomic mass is 10.1. The van der Waals surface area contributed by atoms with Gasteiger partial charge in [-0.05, 0) is 49.2 Å². The molecule has 0 aliphatic heterocycles. The van der Waals surface area contributed by atoms with Crippen molar-refractivity contribution >= 4 is 29.4 Å². The molecule has 182 valence electrons. The van der Waals surface area contributed by atoms with Crippen LogP contribution in [0.2, 0.25) is 0 Å². The molecule has 2 aromatic carbocycles. The minimum Gasteiger partial charge on any atom is -0.355 e. The molecule has 0 saturated carbocycles. The van der Waals surface area contributed by atoms with E-state index in [4.69, 9.17) is 0 Å². The highest BCUT2D eigenvalue weighted by Crippen LogP contribution is 2.27. The monoisotopic (exact) mass is 486 g/mol. The van der Waals surface area contributed by atoms with Crippen LogP contribution in [-0.2, 0) is 16.3 Å². The molecule has 0 heterocycles. The summed E-state index contributed by atoms with van der Waals surface area (Å²) in [5.41, 5.74) is 2.81. The molecule has 33 heavy (non-hydrogen) atoms. The molecule has 0 spiro atoms. The highest BCUT2D eigenvalue weighted by Gasteiger charge is 2.11. The second-order valence-electron chi connectivity index (χ2n) is 8.37. The Morgan fingerprint density at radius 1 is 0.879 bits per heavy atom. The molecule has 0 saturated heterocycles. The van der Waals surface area contributed by atoms with Crippen LogP contribution in [0.3, 0.4) is 0 Å². The van der Waals surface area contributed by atoms with E-state index in [1.807, 2.05) is 11.8 Å². The van der Waals surface area contributed by atoms with E-state index in [2.05, 4.69) is 96.5 Å². The fraction of sp³-hybridized carbons (Fsp3) is 0.536. The van der Waals surface area contributed by atoms with E-state index in [0.29, 0.717) is 11.7 Å². The molecule has 0 aromatic heterocycles. The van der Waals surface area contributed by atoms with Crippen LogP contribution in [0.1, 0.15) is 57.1 Å². The molecule has 0 radical (unpaired) electrons. The van der Waals surface area contributed by atoms with Crippen LogP contribution in [0.5, 0.6) is 0 Å². The third kappa shape index (κ3) is 13.1. The van der Waals surface area contributed by atoms with E-state index in [1.54, 1.807) is 0 Å². The summed E-state index contributed by atoms with van der Waals surface area (Å²) in [6.45, 7) is 8.11. The first-order valence-electron chi connectivity index (χ1n) is 12.5. The minimum absolute atomic E-state index is 0.203. The number of carbonyl (C=O) groups is 1. The Labute approximate surface area is 210 Å². The number of rotatable bonds is 18. The largest absolute Gasteiger partial charge is 0.355 e. The maximum atomic E-state index is 12.2. The number of carbonyl (C=O) groups excluding carboxylic acids is 1. The van der Waals surface area contributed by atoms with Gasteiger partial charge >= 0.3 is 0 Å². The predicted octanol–water partition coefficient (Wildman–Crippen LogP) is 6.63. The van der Waals surface area contributed by atoms with Gasteiger partial charge in [-0.25, -0.2) is 0 Å². The molecule has 1 unspecified atom stereocenters. The van der Waals surface area contributed by atoms with Crippen LogP contribution in [0, 0.1) is 0 Å². The molecule has 0 aliphatic carbocycles. The van der Waals surface area contributed by atoms with Gasteiger partial charge in [-0.2, -0.15) is 23.5 Å². The standard InChI is InChI=1S/C28H42N2OS2/c1-3-30(4-2)21-20-29-28(31)18-12-11-17-27(33-24-26-15-9-6-10-16-26)19-22-32-23-25-13-7-5-8-14-25/h5-10,13-16,27H,3-4,11-12,17-24H2,1-2H3,(H,29,31). The van der Waals surface area contributed by atoms with E-state index in [9.17, 15) is 4.79 Å². The van der Waals surface area contributed by atoms with Gasteiger partial charge in [0.25, 0.3) is 0 Å². The van der Waals surface area contributed by atoms with Crippen LogP contribution in [0.4, 0.5) is 0 Å². The van der Waals surface area contributed by atoms with Gasteiger partial charge in [-0.1, -0.05) is 80.9 Å². The Hall–Kier alpha value is -1.43. The number of hydrogen-bond donors (Lipinski definition) is 1. The molecule has 1 N–H and O–H groups in total. The zero-order valence-electron chi connectivity index (χ0n) is 20.5. The van der Waals surface area contributed by atoms with Crippen molar-refractivity contribution in [1.29, 1.82) is 0 Å². The maximum Gasteiger partial charge on any atom is 0.220 e. The van der Waals surface area contributed by atoms with Crippen molar-refractivity contribution in [3.05, 3.63) is 71.8 Å². The van der Waals surface area contributed by atoms with Crippen molar-refractivity contribution in [2.45, 2.75) is 62.7 Å². The Morgan fingerprint density at radius 2 is 1.52 bits per heavy atom. The molecule has 0 aliphatic rings. The van der Waals surface area contributed by atoms with E-state index < -0.39 is 0 Å². The van der Waals surface area contributed by atoms with Gasteiger partial charge in [-0.3, -0.25) is 4.79 Å². The maximum absolute atomic E-state index is 12.2. The lowest BCUT2D eigenvalue weighted by Gasteiger charge is -2.18. The SMILES string of the molecule is CCN(CC)CCNC(=O)CCCCC(CCSCc1ccccc1)SCc1ccccc1. The predicted molar refractivity (Wildman–Crippen MR) is 148 cm³/mol. The third-order valence-corrected chi connectivity index (χ3v) is 8.35. The van der Waals surface area contributed by atoms with Crippen molar-refractivity contribution in [1.82, 2.24) is 10.2 Å². The van der Waals surface area contributed by atoms with Crippen molar-refractivity contribution in [3.63, 3.8) is 0 Å². The molecule has 5 heteroatoms. The number of nitrogens with one attached hydrogen (secondary N) is 1. The minimum atomic E-state index is 0.203. The van der Waals surface area contributed by atoms with Crippen LogP contribution in [0.25, 0.3) is 0 Å². The van der Waals surface area contributed by atoms with Gasteiger partial charge in [0, 0.05) is 36.3 Å². The molecular formula is C28H42N2OS2. The fourth-order valence-corrected chi connectivity index (χ4v) is 6.13. The van der Waals surface area contributed by atoms with Gasteiger partial charge < -0.3 is 10.2 Å². The first-order valence-corrected chi connectivity index (χ1v) is 14.7. The van der Waals surface area contributed by atoms with Gasteiger partial charge in [0.15, 0.2) is 0 Å². The van der Waals surface area contributed by atoms with Crippen LogP contribution in [0.15, 0.2) is 60.7 Å². The topological polar surface area (TPSA) is 32.3 Å². The van der Waals surface area contributed by atoms with Crippen LogP contribution < -0.4 is 5.32 Å². The smallest absolute Gasteiger partial charge is 0.220 e. The second kappa shape index (κ2) is 18.0. The number of amides is 1. The molecule has 1 amide bonds. The highest BCUT2D eigenvalue weighted by atomic mass is 32.2. The summed E-state index contributed by atoms with van der Waals surface area (Å²) in [7, 11) is 0. The molecule has 0 fully saturated rings. The Kier molecular flexibility index (Phi) is 15.1. The van der Waals surface area contributed by atoms with Crippen molar-refractivity contribution in [3.8, 4) is 0 Å². The molecule has 2 aromatic rings. The van der Waals surface area contributed by atoms with Crippen molar-refractivity contribution < 1.29 is 4.79 Å². The summed E-state index contributed by atoms with van der Waals surface area (Å²) in [6, 6.07) is 21.5. The number of benzene rings is 2. The first kappa shape index (κ1) is 27.8. The van der Waals surface area contributed by atoms with E-state index >= 15 is 0 Å². The molecular weight excluding hydrogens is 444 g/mol. The quantitative estimate of drug-likeness (QED) is 0.240. The molecule has 2 rings (SSSR count). The lowest BCUT2D eigenvalue weighted by Crippen LogP contribution is -2.34. The number of nitrogens with zero attached hydrogens (tertiary/aromatic N) is 1. The molecule has 3 nitrogen and oxygen atoms in total. The van der Waals surface area contributed by atoms with Crippen LogP contribution >= 0.6 is 23.5 Å². The van der Waals surface area contributed by atoms with Gasteiger partial charge in [0.05, 0.1) is 0 Å². The summed E-state index contributed by atoms with van der Waals surface area (Å²) >= 11 is 4.12. The summed E-state index contributed by atoms with van der Waals surface area (Å²) in [5, 5.41) is 3.74. The van der Waals surface area contributed by atoms with Gasteiger partial charge in [0.2, 0.25) is 5.91 Å². The zero-order chi connectivity index (χ0) is 23.6. The summed E-state index contributed by atoms with van der Waals surface area (Å²) in [6.07, 6.45) is 5.17. The molecule has 0 bridgehead atoms. The Morgan fingerprint density at radius 3 is 2.15 bits per heavy atom. The highest BCUT2D eigenvalue weighted by molar-refractivity contribution is 7.99. The number of thioether (sulfide) groups is 2. The van der Waals surface area contributed by atoms with E-state index in [-0.39, 0.29) is 5.91 Å². The number of unbranched alkanes of at least 4 members (excludes halogenated alkanes) is 1. The van der Waals surface area contributed by atoms with Crippen LogP contribution in [-0.4, -0.2) is 48.0 Å². The number of likely N-dealkylation sites (N-methyl/N-ethyl adjacent to an activating group) is 1. The average Bonchev–Trinajstić information content (AvgIpc) is 2.86. The van der Waals surface area contributed by atoms with E-state index in [1.165, 1.54) is 29.7 Å². The second-order valence-corrected chi connectivity index (χ2v) is 10.8. The Balaban J connectivity index is 1.67. The average molecular weight is 487 g/mol. The van der Waals surface area contributed by atoms with Gasteiger partial charge in [0.1, 0.15) is 0 Å². The third-order valence-electron chi connectivity index (χ3n) is 5.85. The van der Waals surface area contributed by atoms with E-state index in [0.717, 1.165) is 50.5 Å². The normalized spacial score (nSPS) is 12.1. The van der Waals surface area contributed by atoms with Gasteiger partial charge in [-0.15, -0.1) is 0 Å². The summed E-state index contributed by atoms with van der Waals surface area (Å²) < 4.78 is 0. The first-order chi connectivity index (χ1) is 16.2. The fourth-order valence-electron chi connectivity index (χ4n) is 3.72. The lowest BCUT2D eigenvalue weighted by molar-refractivity contribution is -0.121. The molecule has 1 atom stereocenters. The zero-order valence-corrected chi connectivity index (χ0v) is 22.1. The number of hydrogen-bond acceptors (Lipinski definition) is 4. The summed E-state index contributed by atoms with van der Waals surface area (Å²) in [4.78, 5) is 14.5. The van der Waals surface area contributed by atoms with Crippen molar-refractivity contribution in [2.75, 3.05) is 31.9 Å². The Bertz CT molecular complexity index is 738.